The molecule has 1 heterocycles. The van der Waals surface area contributed by atoms with Gasteiger partial charge in [-0.3, -0.25) is 9.69 Å². The van der Waals surface area contributed by atoms with Crippen LogP contribution in [0.4, 0.5) is 0 Å². The Labute approximate surface area is 110 Å². The SMILES string of the molecule is CCCC[C@H](N)C(=O)NCCCN1CCOCC1. The first-order valence-electron chi connectivity index (χ1n) is 7.07. The first-order valence-corrected chi connectivity index (χ1v) is 7.07. The summed E-state index contributed by atoms with van der Waals surface area (Å²) in [7, 11) is 0. The molecule has 0 saturated carbocycles. The molecule has 3 N–H and O–H groups in total. The van der Waals surface area contributed by atoms with Crippen molar-refractivity contribution in [2.45, 2.75) is 38.6 Å². The van der Waals surface area contributed by atoms with Crippen molar-refractivity contribution in [3.8, 4) is 0 Å². The van der Waals surface area contributed by atoms with Crippen molar-refractivity contribution in [1.82, 2.24) is 10.2 Å². The van der Waals surface area contributed by atoms with E-state index in [0.717, 1.165) is 65.1 Å². The lowest BCUT2D eigenvalue weighted by Crippen LogP contribution is -2.42. The van der Waals surface area contributed by atoms with Gasteiger partial charge in [-0.2, -0.15) is 0 Å². The average Bonchev–Trinajstić information content (AvgIpc) is 2.41. The highest BCUT2D eigenvalue weighted by molar-refractivity contribution is 5.81. The van der Waals surface area contributed by atoms with E-state index >= 15 is 0 Å². The fraction of sp³-hybridized carbons (Fsp3) is 0.923. The molecule has 1 rings (SSSR count). The first-order chi connectivity index (χ1) is 8.74. The zero-order valence-electron chi connectivity index (χ0n) is 11.5. The van der Waals surface area contributed by atoms with E-state index in [2.05, 4.69) is 17.1 Å². The van der Waals surface area contributed by atoms with E-state index in [1.54, 1.807) is 0 Å². The molecule has 106 valence electrons. The molecule has 1 fully saturated rings. The summed E-state index contributed by atoms with van der Waals surface area (Å²) in [5.74, 6) is -0.00886. The van der Waals surface area contributed by atoms with Gasteiger partial charge in [0.1, 0.15) is 0 Å². The molecule has 1 amide bonds. The van der Waals surface area contributed by atoms with E-state index < -0.39 is 0 Å². The summed E-state index contributed by atoms with van der Waals surface area (Å²) in [6.07, 6.45) is 3.86. The smallest absolute Gasteiger partial charge is 0.236 e. The number of rotatable bonds is 8. The number of nitrogens with zero attached hydrogens (tertiary/aromatic N) is 1. The van der Waals surface area contributed by atoms with Crippen LogP contribution >= 0.6 is 0 Å². The van der Waals surface area contributed by atoms with Crippen molar-refractivity contribution in [2.75, 3.05) is 39.4 Å². The van der Waals surface area contributed by atoms with Crippen LogP contribution in [0.3, 0.4) is 0 Å². The van der Waals surface area contributed by atoms with Gasteiger partial charge in [0.05, 0.1) is 19.3 Å². The highest BCUT2D eigenvalue weighted by Gasteiger charge is 2.12. The van der Waals surface area contributed by atoms with Crippen LogP contribution in [0.5, 0.6) is 0 Å². The Bertz CT molecular complexity index is 230. The Kier molecular flexibility index (Phi) is 7.96. The number of hydrogen-bond donors (Lipinski definition) is 2. The molecule has 5 nitrogen and oxygen atoms in total. The highest BCUT2D eigenvalue weighted by Crippen LogP contribution is 1.99. The molecule has 18 heavy (non-hydrogen) atoms. The van der Waals surface area contributed by atoms with Gasteiger partial charge in [-0.05, 0) is 19.4 Å². The van der Waals surface area contributed by atoms with Gasteiger partial charge in [0.25, 0.3) is 0 Å². The molecule has 0 bridgehead atoms. The summed E-state index contributed by atoms with van der Waals surface area (Å²) in [5.41, 5.74) is 5.79. The molecule has 0 unspecified atom stereocenters. The lowest BCUT2D eigenvalue weighted by atomic mass is 10.1. The number of unbranched alkanes of at least 4 members (excludes halogenated alkanes) is 1. The summed E-state index contributed by atoms with van der Waals surface area (Å²) in [5, 5.41) is 2.91. The largest absolute Gasteiger partial charge is 0.379 e. The molecule has 0 radical (unpaired) electrons. The second-order valence-electron chi connectivity index (χ2n) is 4.85. The van der Waals surface area contributed by atoms with E-state index in [0.29, 0.717) is 0 Å². The van der Waals surface area contributed by atoms with Gasteiger partial charge in [0.2, 0.25) is 5.91 Å². The number of amides is 1. The molecular weight excluding hydrogens is 230 g/mol. The molecule has 0 spiro atoms. The lowest BCUT2D eigenvalue weighted by molar-refractivity contribution is -0.122. The lowest BCUT2D eigenvalue weighted by Gasteiger charge is -2.26. The zero-order valence-corrected chi connectivity index (χ0v) is 11.5. The maximum absolute atomic E-state index is 11.6. The van der Waals surface area contributed by atoms with Crippen LogP contribution in [0.2, 0.25) is 0 Å². The van der Waals surface area contributed by atoms with E-state index in [-0.39, 0.29) is 11.9 Å². The van der Waals surface area contributed by atoms with Crippen LogP contribution in [-0.2, 0) is 9.53 Å². The van der Waals surface area contributed by atoms with Gasteiger partial charge >= 0.3 is 0 Å². The molecule has 1 saturated heterocycles. The maximum Gasteiger partial charge on any atom is 0.236 e. The third-order valence-electron chi connectivity index (χ3n) is 3.26. The number of nitrogens with two attached hydrogens (primary N) is 1. The molecule has 0 aromatic carbocycles. The summed E-state index contributed by atoms with van der Waals surface area (Å²) in [4.78, 5) is 14.0. The Morgan fingerprint density at radius 2 is 2.11 bits per heavy atom. The van der Waals surface area contributed by atoms with Crippen molar-refractivity contribution in [1.29, 1.82) is 0 Å². The molecule has 1 aliphatic heterocycles. The molecule has 0 aromatic rings. The van der Waals surface area contributed by atoms with E-state index in [9.17, 15) is 4.79 Å². The predicted molar refractivity (Wildman–Crippen MR) is 72.4 cm³/mol. The fourth-order valence-electron chi connectivity index (χ4n) is 2.03. The number of carbonyl (C=O) groups excluding carboxylic acids is 1. The summed E-state index contributed by atoms with van der Waals surface area (Å²) in [6.45, 7) is 7.51. The molecule has 5 heteroatoms. The Hall–Kier alpha value is -0.650. The molecule has 1 aliphatic rings. The van der Waals surface area contributed by atoms with Gasteiger partial charge in [-0.15, -0.1) is 0 Å². The monoisotopic (exact) mass is 257 g/mol. The quantitative estimate of drug-likeness (QED) is 0.615. The summed E-state index contributed by atoms with van der Waals surface area (Å²) >= 11 is 0. The number of hydrogen-bond acceptors (Lipinski definition) is 4. The first kappa shape index (κ1) is 15.4. The Morgan fingerprint density at radius 3 is 2.78 bits per heavy atom. The fourth-order valence-corrected chi connectivity index (χ4v) is 2.03. The third kappa shape index (κ3) is 6.33. The summed E-state index contributed by atoms with van der Waals surface area (Å²) in [6, 6.07) is -0.340. The van der Waals surface area contributed by atoms with Gasteiger partial charge < -0.3 is 15.8 Å². The Morgan fingerprint density at radius 1 is 1.39 bits per heavy atom. The zero-order chi connectivity index (χ0) is 13.2. The standard InChI is InChI=1S/C13H27N3O2/c1-2-3-5-12(14)13(17)15-6-4-7-16-8-10-18-11-9-16/h12H,2-11,14H2,1H3,(H,15,17)/t12-/m0/s1. The molecule has 0 aliphatic carbocycles. The van der Waals surface area contributed by atoms with Crippen molar-refractivity contribution >= 4 is 5.91 Å². The van der Waals surface area contributed by atoms with Crippen LogP contribution in [-0.4, -0.2) is 56.2 Å². The highest BCUT2D eigenvalue weighted by atomic mass is 16.5. The van der Waals surface area contributed by atoms with Crippen molar-refractivity contribution in [2.24, 2.45) is 5.73 Å². The molecular formula is C13H27N3O2. The van der Waals surface area contributed by atoms with Gasteiger partial charge in [0, 0.05) is 19.6 Å². The van der Waals surface area contributed by atoms with Gasteiger partial charge in [-0.25, -0.2) is 0 Å². The van der Waals surface area contributed by atoms with Crippen LogP contribution in [0.25, 0.3) is 0 Å². The number of morpholine rings is 1. The second-order valence-corrected chi connectivity index (χ2v) is 4.85. The van der Waals surface area contributed by atoms with Crippen molar-refractivity contribution < 1.29 is 9.53 Å². The summed E-state index contributed by atoms with van der Waals surface area (Å²) < 4.78 is 5.29. The van der Waals surface area contributed by atoms with Gasteiger partial charge in [0.15, 0.2) is 0 Å². The van der Waals surface area contributed by atoms with Crippen LogP contribution in [0.1, 0.15) is 32.6 Å². The second kappa shape index (κ2) is 9.30. The topological polar surface area (TPSA) is 67.6 Å². The van der Waals surface area contributed by atoms with E-state index in [4.69, 9.17) is 10.5 Å². The number of carbonyl (C=O) groups is 1. The third-order valence-corrected chi connectivity index (χ3v) is 3.26. The minimum absolute atomic E-state index is 0.00886. The van der Waals surface area contributed by atoms with Gasteiger partial charge in [-0.1, -0.05) is 19.8 Å². The van der Waals surface area contributed by atoms with E-state index in [1.807, 2.05) is 0 Å². The van der Waals surface area contributed by atoms with Crippen LogP contribution < -0.4 is 11.1 Å². The predicted octanol–water partition coefficient (Wildman–Crippen LogP) is 0.342. The van der Waals surface area contributed by atoms with Crippen molar-refractivity contribution in [3.63, 3.8) is 0 Å². The van der Waals surface area contributed by atoms with E-state index in [1.165, 1.54) is 0 Å². The van der Waals surface area contributed by atoms with Crippen LogP contribution in [0, 0.1) is 0 Å². The molecule has 0 aromatic heterocycles. The molecule has 1 atom stereocenters. The minimum atomic E-state index is -0.340. The van der Waals surface area contributed by atoms with Crippen molar-refractivity contribution in [3.05, 3.63) is 0 Å². The number of nitrogens with one attached hydrogen (secondary N) is 1. The normalized spacial score (nSPS) is 18.6. The number of ether oxygens (including phenoxy) is 1. The maximum atomic E-state index is 11.6. The van der Waals surface area contributed by atoms with Crippen LogP contribution in [0.15, 0.2) is 0 Å². The average molecular weight is 257 g/mol. The Balaban J connectivity index is 2.00. The minimum Gasteiger partial charge on any atom is -0.379 e.